The fraction of sp³-hybridized carbons (Fsp3) is 0.611. The number of anilines is 1. The third kappa shape index (κ3) is 4.26. The second-order valence-corrected chi connectivity index (χ2v) is 8.30. The first-order valence-electron chi connectivity index (χ1n) is 8.63. The summed E-state index contributed by atoms with van der Waals surface area (Å²) in [6, 6.07) is 0. The summed E-state index contributed by atoms with van der Waals surface area (Å²) in [5.74, 6) is 0.495. The molecule has 1 amide bonds. The van der Waals surface area contributed by atoms with Crippen LogP contribution < -0.4 is 5.32 Å². The van der Waals surface area contributed by atoms with Crippen LogP contribution in [0.5, 0.6) is 0 Å². The van der Waals surface area contributed by atoms with Crippen molar-refractivity contribution >= 4 is 23.4 Å². The summed E-state index contributed by atoms with van der Waals surface area (Å²) in [5.41, 5.74) is 4.78. The van der Waals surface area contributed by atoms with Crippen LogP contribution in [0.1, 0.15) is 43.5 Å². The summed E-state index contributed by atoms with van der Waals surface area (Å²) in [6.45, 7) is 15.2. The monoisotopic (exact) mass is 363 g/mol. The SMILES string of the molecule is Cc1nn(C)c(C)c1NC(=O)C(C)Sc1nc(C)c(C)n1CC(C)C. The number of nitrogens with one attached hydrogen (secondary N) is 1. The molecule has 2 aromatic heterocycles. The third-order valence-electron chi connectivity index (χ3n) is 4.38. The molecule has 1 unspecified atom stereocenters. The lowest BCUT2D eigenvalue weighted by Crippen LogP contribution is -2.23. The van der Waals surface area contributed by atoms with Crippen molar-refractivity contribution in [1.29, 1.82) is 0 Å². The lowest BCUT2D eigenvalue weighted by atomic mass is 10.2. The molecule has 0 aliphatic rings. The van der Waals surface area contributed by atoms with Gasteiger partial charge in [-0.2, -0.15) is 5.10 Å². The molecule has 138 valence electrons. The number of carbonyl (C=O) groups excluding carboxylic acids is 1. The average molecular weight is 364 g/mol. The van der Waals surface area contributed by atoms with Crippen molar-refractivity contribution in [1.82, 2.24) is 19.3 Å². The molecule has 0 aliphatic heterocycles. The maximum atomic E-state index is 12.6. The van der Waals surface area contributed by atoms with E-state index in [1.54, 1.807) is 4.68 Å². The van der Waals surface area contributed by atoms with Crippen molar-refractivity contribution in [2.24, 2.45) is 13.0 Å². The van der Waals surface area contributed by atoms with Gasteiger partial charge in [-0.15, -0.1) is 0 Å². The zero-order valence-electron chi connectivity index (χ0n) is 16.5. The molecule has 2 heterocycles. The highest BCUT2D eigenvalue weighted by molar-refractivity contribution is 8.00. The smallest absolute Gasteiger partial charge is 0.237 e. The highest BCUT2D eigenvalue weighted by atomic mass is 32.2. The summed E-state index contributed by atoms with van der Waals surface area (Å²) in [7, 11) is 1.88. The van der Waals surface area contributed by atoms with Crippen molar-refractivity contribution < 1.29 is 4.79 Å². The molecule has 0 fully saturated rings. The van der Waals surface area contributed by atoms with Crippen molar-refractivity contribution in [3.05, 3.63) is 22.8 Å². The van der Waals surface area contributed by atoms with Gasteiger partial charge in [0.1, 0.15) is 0 Å². The average Bonchev–Trinajstić information content (AvgIpc) is 2.91. The van der Waals surface area contributed by atoms with Gasteiger partial charge in [0.25, 0.3) is 0 Å². The predicted octanol–water partition coefficient (Wildman–Crippen LogP) is 3.63. The molecule has 1 N–H and O–H groups in total. The minimum atomic E-state index is -0.244. The van der Waals surface area contributed by atoms with Crippen molar-refractivity contribution in [3.63, 3.8) is 0 Å². The van der Waals surface area contributed by atoms with Gasteiger partial charge in [0.05, 0.1) is 28.0 Å². The maximum Gasteiger partial charge on any atom is 0.237 e. The topological polar surface area (TPSA) is 64.7 Å². The Bertz CT molecular complexity index is 775. The molecule has 0 spiro atoms. The van der Waals surface area contributed by atoms with Gasteiger partial charge >= 0.3 is 0 Å². The van der Waals surface area contributed by atoms with Gasteiger partial charge in [-0.05, 0) is 40.5 Å². The zero-order chi connectivity index (χ0) is 18.9. The standard InChI is InChI=1S/C18H29N5OS/c1-10(2)9-23-13(5)11(3)19-18(23)25-15(7)17(24)20-16-12(4)21-22(8)14(16)6/h10,15H,9H2,1-8H3,(H,20,24). The van der Waals surface area contributed by atoms with Gasteiger partial charge in [-0.1, -0.05) is 25.6 Å². The number of thioether (sulfide) groups is 1. The van der Waals surface area contributed by atoms with Gasteiger partial charge < -0.3 is 9.88 Å². The Hall–Kier alpha value is -1.76. The minimum Gasteiger partial charge on any atom is -0.323 e. The number of rotatable bonds is 6. The van der Waals surface area contributed by atoms with Crippen LogP contribution in [0, 0.1) is 33.6 Å². The molecule has 7 heteroatoms. The fourth-order valence-electron chi connectivity index (χ4n) is 2.68. The minimum absolute atomic E-state index is 0.0291. The van der Waals surface area contributed by atoms with E-state index in [1.165, 1.54) is 17.5 Å². The molecule has 0 saturated heterocycles. The van der Waals surface area contributed by atoms with E-state index in [-0.39, 0.29) is 11.2 Å². The molecule has 0 aliphatic carbocycles. The number of carbonyl (C=O) groups is 1. The van der Waals surface area contributed by atoms with Gasteiger partial charge in [0, 0.05) is 19.3 Å². The van der Waals surface area contributed by atoms with E-state index in [9.17, 15) is 4.79 Å². The Kier molecular flexibility index (Phi) is 5.98. The summed E-state index contributed by atoms with van der Waals surface area (Å²) < 4.78 is 4.00. The van der Waals surface area contributed by atoms with E-state index < -0.39 is 0 Å². The molecule has 6 nitrogen and oxygen atoms in total. The lowest BCUT2D eigenvalue weighted by Gasteiger charge is -2.15. The van der Waals surface area contributed by atoms with Crippen molar-refractivity contribution in [2.75, 3.05) is 5.32 Å². The summed E-state index contributed by atoms with van der Waals surface area (Å²) in [6.07, 6.45) is 0. The number of nitrogens with zero attached hydrogens (tertiary/aromatic N) is 4. The maximum absolute atomic E-state index is 12.6. The van der Waals surface area contributed by atoms with E-state index in [0.29, 0.717) is 5.92 Å². The normalized spacial score (nSPS) is 12.7. The predicted molar refractivity (Wildman–Crippen MR) is 103 cm³/mol. The molecule has 25 heavy (non-hydrogen) atoms. The number of imidazole rings is 1. The Balaban J connectivity index is 2.15. The Morgan fingerprint density at radius 3 is 2.28 bits per heavy atom. The van der Waals surface area contributed by atoms with Crippen molar-refractivity contribution in [3.8, 4) is 0 Å². The van der Waals surface area contributed by atoms with Gasteiger partial charge in [-0.25, -0.2) is 4.98 Å². The van der Waals surface area contributed by atoms with Crippen LogP contribution in [0.3, 0.4) is 0 Å². The molecular weight excluding hydrogens is 334 g/mol. The van der Waals surface area contributed by atoms with Crippen LogP contribution in [0.4, 0.5) is 5.69 Å². The highest BCUT2D eigenvalue weighted by Gasteiger charge is 2.22. The number of hydrogen-bond acceptors (Lipinski definition) is 4. The first-order valence-corrected chi connectivity index (χ1v) is 9.51. The summed E-state index contributed by atoms with van der Waals surface area (Å²) in [4.78, 5) is 17.3. The van der Waals surface area contributed by atoms with Crippen LogP contribution in [-0.2, 0) is 18.4 Å². The van der Waals surface area contributed by atoms with E-state index >= 15 is 0 Å². The molecule has 0 radical (unpaired) electrons. The first-order chi connectivity index (χ1) is 11.6. The lowest BCUT2D eigenvalue weighted by molar-refractivity contribution is -0.115. The second kappa shape index (κ2) is 7.64. The molecule has 0 aromatic carbocycles. The van der Waals surface area contributed by atoms with Crippen LogP contribution in [0.15, 0.2) is 5.16 Å². The third-order valence-corrected chi connectivity index (χ3v) is 5.47. The molecular formula is C18H29N5OS. The largest absolute Gasteiger partial charge is 0.323 e. The second-order valence-electron chi connectivity index (χ2n) is 6.99. The molecule has 1 atom stereocenters. The number of aromatic nitrogens is 4. The molecule has 2 aromatic rings. The number of hydrogen-bond donors (Lipinski definition) is 1. The quantitative estimate of drug-likeness (QED) is 0.796. The van der Waals surface area contributed by atoms with E-state index in [4.69, 9.17) is 0 Å². The Morgan fingerprint density at radius 1 is 1.12 bits per heavy atom. The van der Waals surface area contributed by atoms with Crippen molar-refractivity contribution in [2.45, 2.75) is 65.4 Å². The van der Waals surface area contributed by atoms with E-state index in [2.05, 4.69) is 40.7 Å². The zero-order valence-corrected chi connectivity index (χ0v) is 17.3. The van der Waals surface area contributed by atoms with Crippen LogP contribution >= 0.6 is 11.8 Å². The van der Waals surface area contributed by atoms with Crippen LogP contribution in [-0.4, -0.2) is 30.5 Å². The molecule has 0 saturated carbocycles. The molecule has 0 bridgehead atoms. The van der Waals surface area contributed by atoms with E-state index in [1.807, 2.05) is 34.7 Å². The van der Waals surface area contributed by atoms with Crippen LogP contribution in [0.2, 0.25) is 0 Å². The number of aryl methyl sites for hydroxylation is 3. The van der Waals surface area contributed by atoms with Gasteiger partial charge in [0.2, 0.25) is 5.91 Å². The van der Waals surface area contributed by atoms with Gasteiger partial charge in [-0.3, -0.25) is 9.48 Å². The Morgan fingerprint density at radius 2 is 1.76 bits per heavy atom. The highest BCUT2D eigenvalue weighted by Crippen LogP contribution is 2.27. The summed E-state index contributed by atoms with van der Waals surface area (Å²) in [5, 5.41) is 8.03. The molecule has 2 rings (SSSR count). The number of amides is 1. The van der Waals surface area contributed by atoms with E-state index in [0.717, 1.165) is 34.5 Å². The Labute approximate surface area is 154 Å². The fourth-order valence-corrected chi connectivity index (χ4v) is 3.70. The van der Waals surface area contributed by atoms with Gasteiger partial charge in [0.15, 0.2) is 5.16 Å². The summed E-state index contributed by atoms with van der Waals surface area (Å²) >= 11 is 1.51. The van der Waals surface area contributed by atoms with Crippen LogP contribution in [0.25, 0.3) is 0 Å². The first kappa shape index (κ1) is 19.6.